The van der Waals surface area contributed by atoms with Gasteiger partial charge in [-0.2, -0.15) is 27.4 Å². The predicted octanol–water partition coefficient (Wildman–Crippen LogP) is -0.777. The molecule has 11 heteroatoms. The first-order chi connectivity index (χ1) is 24.5. The number of benzene rings is 3. The van der Waals surface area contributed by atoms with Crippen LogP contribution >= 0.6 is 0 Å². The molecule has 4 aromatic rings. The Morgan fingerprint density at radius 1 is 0.322 bits per heavy atom. The van der Waals surface area contributed by atoms with E-state index in [1.165, 1.54) is 38.9 Å². The second-order valence-corrected chi connectivity index (χ2v) is 57.6. The molecule has 0 N–H and O–H groups in total. The first-order valence-electron chi connectivity index (χ1n) is 21.2. The molecule has 0 radical (unpaired) electrons. The van der Waals surface area contributed by atoms with Crippen molar-refractivity contribution in [3.05, 3.63) is 75.3 Å². The van der Waals surface area contributed by atoms with E-state index in [1.54, 1.807) is 51.9 Å². The molecule has 0 fully saturated rings. The van der Waals surface area contributed by atoms with Gasteiger partial charge in [-0.25, -0.2) is 0 Å². The van der Waals surface area contributed by atoms with E-state index in [0.29, 0.717) is 0 Å². The Kier molecular flexibility index (Phi) is 19.3. The summed E-state index contributed by atoms with van der Waals surface area (Å²) in [7, 11) is -13.2. The molecule has 0 atom stereocenters. The molecule has 0 unspecified atom stereocenters. The standard InChI is InChI=1S/C48H81Si7.3ClH.Ti/c1-32-26-42(49(8,9)10)45(52(17,18)19)29-39(32)55(48-37(6)35(4)36(5)38(48)7,40-30-46(53(20,21)22)43(27-33(40)2)50(11,12)13)41-31-47(54(23,24)25)44(28-34(41)3)51(14,15)16;;;;/h26-31H,1-25H3;3*1H;/q-1;;;;+4/p-3. The van der Waals surface area contributed by atoms with Gasteiger partial charge in [-0.05, 0) is 36.3 Å². The van der Waals surface area contributed by atoms with Crippen LogP contribution in [0.4, 0.5) is 0 Å². The molecule has 4 rings (SSSR count). The minimum Gasteiger partial charge on any atom is -1.00 e. The summed E-state index contributed by atoms with van der Waals surface area (Å²) in [6.07, 6.45) is 0. The van der Waals surface area contributed by atoms with Crippen LogP contribution in [0, 0.1) is 48.5 Å². The van der Waals surface area contributed by atoms with E-state index in [1.807, 2.05) is 0 Å². The molecule has 0 aliphatic rings. The molecule has 4 aromatic carbocycles. The fourth-order valence-electron chi connectivity index (χ4n) is 9.68. The van der Waals surface area contributed by atoms with E-state index < -0.39 is 56.5 Å². The normalized spacial score (nSPS) is 13.0. The fraction of sp³-hybridized carbons (Fsp3) is 0.521. The Balaban J connectivity index is 0.00000841. The summed E-state index contributed by atoms with van der Waals surface area (Å²) in [6, 6.07) is 16.8. The second kappa shape index (κ2) is 19.3. The third kappa shape index (κ3) is 11.1. The van der Waals surface area contributed by atoms with Crippen LogP contribution in [-0.2, 0) is 21.7 Å². The molecular weight excluding hydrogens is 927 g/mol. The zero-order chi connectivity index (χ0) is 42.6. The predicted molar refractivity (Wildman–Crippen MR) is 277 cm³/mol. The molecule has 0 aliphatic carbocycles. The van der Waals surface area contributed by atoms with Gasteiger partial charge in [-0.15, -0.1) is 0 Å². The molecular formula is C48H81Cl3Si7Ti. The van der Waals surface area contributed by atoms with Crippen molar-refractivity contribution in [3.63, 3.8) is 0 Å². The maximum atomic E-state index is 2.87. The van der Waals surface area contributed by atoms with E-state index >= 15 is 0 Å². The van der Waals surface area contributed by atoms with Gasteiger partial charge in [0.2, 0.25) is 0 Å². The van der Waals surface area contributed by atoms with Crippen molar-refractivity contribution in [1.29, 1.82) is 0 Å². The van der Waals surface area contributed by atoms with E-state index in [2.05, 4.69) is 203 Å². The van der Waals surface area contributed by atoms with E-state index in [9.17, 15) is 0 Å². The van der Waals surface area contributed by atoms with Crippen molar-refractivity contribution in [2.75, 3.05) is 0 Å². The molecule has 0 aromatic heterocycles. The summed E-state index contributed by atoms with van der Waals surface area (Å²) in [4.78, 5) is 0. The average Bonchev–Trinajstić information content (AvgIpc) is 3.17. The molecule has 0 amide bonds. The zero-order valence-corrected chi connectivity index (χ0v) is 52.9. The van der Waals surface area contributed by atoms with Gasteiger partial charge < -0.3 is 37.2 Å². The second-order valence-electron chi connectivity index (χ2n) is 23.8. The van der Waals surface area contributed by atoms with Gasteiger partial charge in [-0.1, -0.05) is 230 Å². The monoisotopic (exact) mass is 1010 g/mol. The molecule has 0 saturated carbocycles. The van der Waals surface area contributed by atoms with Crippen LogP contribution in [0.2, 0.25) is 118 Å². The summed E-state index contributed by atoms with van der Waals surface area (Å²) in [5.74, 6) is 0. The first kappa shape index (κ1) is 59.1. The summed E-state index contributed by atoms with van der Waals surface area (Å²) >= 11 is 0. The number of halogens is 3. The van der Waals surface area contributed by atoms with Crippen LogP contribution in [0.15, 0.2) is 36.4 Å². The average molecular weight is 1010 g/mol. The molecule has 0 heterocycles. The third-order valence-electron chi connectivity index (χ3n) is 13.0. The van der Waals surface area contributed by atoms with Crippen LogP contribution < -0.4 is 89.1 Å². The molecule has 0 saturated heterocycles. The molecule has 0 bridgehead atoms. The van der Waals surface area contributed by atoms with Gasteiger partial charge in [-0.3, -0.25) is 0 Å². The topological polar surface area (TPSA) is 0 Å². The van der Waals surface area contributed by atoms with Crippen LogP contribution in [0.25, 0.3) is 0 Å². The molecule has 0 spiro atoms. The summed E-state index contributed by atoms with van der Waals surface area (Å²) in [5, 5.41) is 16.9. The largest absolute Gasteiger partial charge is 4.00 e. The van der Waals surface area contributed by atoms with Gasteiger partial charge in [0.05, 0.1) is 48.4 Å². The Morgan fingerprint density at radius 3 is 0.695 bits per heavy atom. The van der Waals surface area contributed by atoms with Crippen LogP contribution in [0.5, 0.6) is 0 Å². The summed E-state index contributed by atoms with van der Waals surface area (Å²) in [5.41, 5.74) is 10.6. The van der Waals surface area contributed by atoms with Gasteiger partial charge in [0.15, 0.2) is 8.07 Å². The van der Waals surface area contributed by atoms with Gasteiger partial charge in [0, 0.05) is 0 Å². The van der Waals surface area contributed by atoms with Gasteiger partial charge in [0.1, 0.15) is 0 Å². The van der Waals surface area contributed by atoms with Crippen molar-refractivity contribution in [2.45, 2.75) is 166 Å². The quantitative estimate of drug-likeness (QED) is 0.111. The maximum Gasteiger partial charge on any atom is 4.00 e. The van der Waals surface area contributed by atoms with Crippen LogP contribution in [0.3, 0.4) is 0 Å². The third-order valence-corrected chi connectivity index (χ3v) is 31.4. The number of hydrogen-bond donors (Lipinski definition) is 0. The van der Waals surface area contributed by atoms with Crippen molar-refractivity contribution in [2.24, 2.45) is 0 Å². The Bertz CT molecular complexity index is 1920. The molecule has 0 aliphatic heterocycles. The number of aryl methyl sites for hydroxylation is 3. The Hall–Kier alpha value is 0.112. The molecule has 0 nitrogen and oxygen atoms in total. The van der Waals surface area contributed by atoms with E-state index in [-0.39, 0.29) is 58.9 Å². The Morgan fingerprint density at radius 2 is 0.525 bits per heavy atom. The Labute approximate surface area is 405 Å². The number of hydrogen-bond acceptors (Lipinski definition) is 0. The zero-order valence-electron chi connectivity index (χ0n) is 42.1. The van der Waals surface area contributed by atoms with Gasteiger partial charge in [0.25, 0.3) is 0 Å². The van der Waals surface area contributed by atoms with Crippen molar-refractivity contribution in [1.82, 2.24) is 0 Å². The number of rotatable bonds is 10. The van der Waals surface area contributed by atoms with Crippen molar-refractivity contribution >= 4 is 108 Å². The summed E-state index contributed by atoms with van der Waals surface area (Å²) < 4.78 is 0. The summed E-state index contributed by atoms with van der Waals surface area (Å²) in [6.45, 7) is 64.0. The first-order valence-corrected chi connectivity index (χ1v) is 44.2. The van der Waals surface area contributed by atoms with E-state index in [0.717, 1.165) is 0 Å². The minimum absolute atomic E-state index is 0. The maximum absolute atomic E-state index is 3.00. The fourth-order valence-corrected chi connectivity index (χ4v) is 32.1. The van der Waals surface area contributed by atoms with Gasteiger partial charge >= 0.3 is 21.7 Å². The van der Waals surface area contributed by atoms with Crippen molar-refractivity contribution < 1.29 is 58.9 Å². The van der Waals surface area contributed by atoms with Crippen LogP contribution in [0.1, 0.15) is 38.9 Å². The molecule has 59 heavy (non-hydrogen) atoms. The smallest absolute Gasteiger partial charge is 1.00 e. The van der Waals surface area contributed by atoms with Crippen molar-refractivity contribution in [3.8, 4) is 0 Å². The van der Waals surface area contributed by atoms with Crippen LogP contribution in [-0.4, -0.2) is 56.5 Å². The van der Waals surface area contributed by atoms with E-state index in [4.69, 9.17) is 0 Å². The molecule has 326 valence electrons. The SMILES string of the molecule is Cc1cc([Si](C)(C)C)c([Si](C)(C)C)cc1[Si](c1cc([Si](C)(C)C)c([Si](C)(C)C)cc1C)(c1cc([Si](C)(C)C)c([Si](C)(C)C)cc1C)c1c(C)c(C)c(C)[c-]1C.[Cl-].[Cl-].[Cl-].[Ti+4]. The minimum atomic E-state index is -3.00.